The molecule has 1 aromatic rings. The topological polar surface area (TPSA) is 68.5 Å². The van der Waals surface area contributed by atoms with Crippen molar-refractivity contribution in [2.24, 2.45) is 0 Å². The van der Waals surface area contributed by atoms with E-state index in [9.17, 15) is 4.79 Å². The standard InChI is InChI=1S/C14H23N3O2/c1-5-10(6-2)17(4)13-8-11(12(15)9-16-13)14(18)19-7-3/h8-10H,5-7,15H2,1-4H3. The molecule has 106 valence electrons. The highest BCUT2D eigenvalue weighted by Gasteiger charge is 2.17. The van der Waals surface area contributed by atoms with Crippen LogP contribution in [0.25, 0.3) is 0 Å². The lowest BCUT2D eigenvalue weighted by molar-refractivity contribution is 0.0527. The van der Waals surface area contributed by atoms with Crippen molar-refractivity contribution in [1.82, 2.24) is 4.98 Å². The van der Waals surface area contributed by atoms with E-state index in [2.05, 4.69) is 23.7 Å². The maximum atomic E-state index is 11.8. The molecule has 1 heterocycles. The first-order chi connectivity index (χ1) is 9.04. The second-order valence-electron chi connectivity index (χ2n) is 4.43. The summed E-state index contributed by atoms with van der Waals surface area (Å²) in [4.78, 5) is 18.2. The summed E-state index contributed by atoms with van der Waals surface area (Å²) in [6.45, 7) is 6.37. The number of nitrogen functional groups attached to an aromatic ring is 1. The van der Waals surface area contributed by atoms with Crippen LogP contribution in [0.5, 0.6) is 0 Å². The van der Waals surface area contributed by atoms with Gasteiger partial charge in [-0.3, -0.25) is 0 Å². The van der Waals surface area contributed by atoms with E-state index in [4.69, 9.17) is 10.5 Å². The van der Waals surface area contributed by atoms with Crippen molar-refractivity contribution in [3.05, 3.63) is 17.8 Å². The van der Waals surface area contributed by atoms with Gasteiger partial charge in [-0.15, -0.1) is 0 Å². The van der Waals surface area contributed by atoms with E-state index in [1.165, 1.54) is 6.20 Å². The van der Waals surface area contributed by atoms with Gasteiger partial charge in [0.05, 0.1) is 24.1 Å². The molecule has 2 N–H and O–H groups in total. The van der Waals surface area contributed by atoms with Gasteiger partial charge in [0.1, 0.15) is 5.82 Å². The molecule has 0 radical (unpaired) electrons. The zero-order chi connectivity index (χ0) is 14.4. The van der Waals surface area contributed by atoms with Gasteiger partial charge in [0.2, 0.25) is 0 Å². The monoisotopic (exact) mass is 265 g/mol. The molecule has 0 amide bonds. The van der Waals surface area contributed by atoms with E-state index >= 15 is 0 Å². The first-order valence-electron chi connectivity index (χ1n) is 6.70. The molecule has 0 unspecified atom stereocenters. The second kappa shape index (κ2) is 6.97. The molecule has 0 atom stereocenters. The van der Waals surface area contributed by atoms with Crippen molar-refractivity contribution in [1.29, 1.82) is 0 Å². The summed E-state index contributed by atoms with van der Waals surface area (Å²) in [5.41, 5.74) is 6.51. The molecule has 0 aromatic carbocycles. The summed E-state index contributed by atoms with van der Waals surface area (Å²) in [5, 5.41) is 0. The van der Waals surface area contributed by atoms with Gasteiger partial charge in [-0.05, 0) is 25.8 Å². The van der Waals surface area contributed by atoms with Crippen LogP contribution in [0.15, 0.2) is 12.3 Å². The third-order valence-electron chi connectivity index (χ3n) is 3.27. The molecule has 0 saturated heterocycles. The summed E-state index contributed by atoms with van der Waals surface area (Å²) in [6, 6.07) is 2.09. The molecule has 19 heavy (non-hydrogen) atoms. The van der Waals surface area contributed by atoms with Gasteiger partial charge < -0.3 is 15.4 Å². The molecule has 0 saturated carbocycles. The number of pyridine rings is 1. The fourth-order valence-corrected chi connectivity index (χ4v) is 2.06. The lowest BCUT2D eigenvalue weighted by Crippen LogP contribution is -2.31. The molecule has 0 aliphatic heterocycles. The van der Waals surface area contributed by atoms with Crippen LogP contribution in [0.1, 0.15) is 44.0 Å². The molecule has 5 heteroatoms. The van der Waals surface area contributed by atoms with Crippen molar-refractivity contribution < 1.29 is 9.53 Å². The Morgan fingerprint density at radius 3 is 2.58 bits per heavy atom. The van der Waals surface area contributed by atoms with Crippen molar-refractivity contribution in [2.45, 2.75) is 39.7 Å². The Morgan fingerprint density at radius 2 is 2.05 bits per heavy atom. The van der Waals surface area contributed by atoms with Gasteiger partial charge in [0, 0.05) is 13.1 Å². The first kappa shape index (κ1) is 15.3. The molecule has 0 aliphatic carbocycles. The average molecular weight is 265 g/mol. The van der Waals surface area contributed by atoms with Gasteiger partial charge in [-0.2, -0.15) is 0 Å². The second-order valence-corrected chi connectivity index (χ2v) is 4.43. The van der Waals surface area contributed by atoms with Crippen LogP contribution in [0.3, 0.4) is 0 Å². The zero-order valence-electron chi connectivity index (χ0n) is 12.1. The molecule has 5 nitrogen and oxygen atoms in total. The van der Waals surface area contributed by atoms with Crippen molar-refractivity contribution in [3.8, 4) is 0 Å². The lowest BCUT2D eigenvalue weighted by Gasteiger charge is -2.27. The Labute approximate surface area is 114 Å². The molecule has 0 bridgehead atoms. The maximum Gasteiger partial charge on any atom is 0.340 e. The predicted octanol–water partition coefficient (Wildman–Crippen LogP) is 2.47. The number of nitrogens with two attached hydrogens (primary N) is 1. The van der Waals surface area contributed by atoms with Gasteiger partial charge >= 0.3 is 5.97 Å². The first-order valence-corrected chi connectivity index (χ1v) is 6.70. The van der Waals surface area contributed by atoms with Crippen LogP contribution < -0.4 is 10.6 Å². The smallest absolute Gasteiger partial charge is 0.340 e. The number of ether oxygens (including phenoxy) is 1. The fraction of sp³-hybridized carbons (Fsp3) is 0.571. The van der Waals surface area contributed by atoms with Crippen LogP contribution in [-0.4, -0.2) is 30.6 Å². The maximum absolute atomic E-state index is 11.8. The van der Waals surface area contributed by atoms with E-state index in [0.717, 1.165) is 18.7 Å². The van der Waals surface area contributed by atoms with Gasteiger partial charge in [-0.25, -0.2) is 9.78 Å². The van der Waals surface area contributed by atoms with E-state index < -0.39 is 5.97 Å². The van der Waals surface area contributed by atoms with Gasteiger partial charge in [0.25, 0.3) is 0 Å². The van der Waals surface area contributed by atoms with E-state index in [1.54, 1.807) is 13.0 Å². The third kappa shape index (κ3) is 3.59. The summed E-state index contributed by atoms with van der Waals surface area (Å²) in [5.74, 6) is 0.340. The number of hydrogen-bond donors (Lipinski definition) is 1. The fourth-order valence-electron chi connectivity index (χ4n) is 2.06. The van der Waals surface area contributed by atoms with Crippen LogP contribution in [0.4, 0.5) is 11.5 Å². The van der Waals surface area contributed by atoms with Gasteiger partial charge in [0.15, 0.2) is 0 Å². The highest BCUT2D eigenvalue weighted by molar-refractivity contribution is 5.95. The van der Waals surface area contributed by atoms with Crippen LogP contribution >= 0.6 is 0 Å². The van der Waals surface area contributed by atoms with E-state index in [1.807, 2.05) is 7.05 Å². The number of hydrogen-bond acceptors (Lipinski definition) is 5. The molecule has 0 fully saturated rings. The minimum atomic E-state index is -0.401. The zero-order valence-corrected chi connectivity index (χ0v) is 12.1. The third-order valence-corrected chi connectivity index (χ3v) is 3.27. The summed E-state index contributed by atoms with van der Waals surface area (Å²) in [7, 11) is 1.98. The number of carbonyl (C=O) groups is 1. The highest BCUT2D eigenvalue weighted by Crippen LogP contribution is 2.21. The molecular weight excluding hydrogens is 242 g/mol. The Kier molecular flexibility index (Phi) is 5.60. The van der Waals surface area contributed by atoms with Gasteiger partial charge in [-0.1, -0.05) is 13.8 Å². The highest BCUT2D eigenvalue weighted by atomic mass is 16.5. The Hall–Kier alpha value is -1.78. The molecule has 0 aliphatic rings. The lowest BCUT2D eigenvalue weighted by atomic mass is 10.1. The van der Waals surface area contributed by atoms with E-state index in [0.29, 0.717) is 23.9 Å². The number of anilines is 2. The van der Waals surface area contributed by atoms with Crippen LogP contribution in [-0.2, 0) is 4.74 Å². The SMILES string of the molecule is CCOC(=O)c1cc(N(C)C(CC)CC)ncc1N. The largest absolute Gasteiger partial charge is 0.462 e. The van der Waals surface area contributed by atoms with Crippen molar-refractivity contribution >= 4 is 17.5 Å². The summed E-state index contributed by atoms with van der Waals surface area (Å²) >= 11 is 0. The number of rotatable bonds is 6. The Morgan fingerprint density at radius 1 is 1.42 bits per heavy atom. The molecule has 0 spiro atoms. The minimum absolute atomic E-state index is 0.332. The van der Waals surface area contributed by atoms with E-state index in [-0.39, 0.29) is 0 Å². The molecular formula is C14H23N3O2. The van der Waals surface area contributed by atoms with Crippen molar-refractivity contribution in [2.75, 3.05) is 24.3 Å². The number of nitrogens with zero attached hydrogens (tertiary/aromatic N) is 2. The summed E-state index contributed by atoms with van der Waals surface area (Å²) in [6.07, 6.45) is 3.56. The van der Waals surface area contributed by atoms with Crippen LogP contribution in [0, 0.1) is 0 Å². The van der Waals surface area contributed by atoms with Crippen LogP contribution in [0.2, 0.25) is 0 Å². The number of carbonyl (C=O) groups excluding carboxylic acids is 1. The predicted molar refractivity (Wildman–Crippen MR) is 77.4 cm³/mol. The minimum Gasteiger partial charge on any atom is -0.462 e. The number of aromatic nitrogens is 1. The average Bonchev–Trinajstić information content (AvgIpc) is 2.40. The Balaban J connectivity index is 3.04. The van der Waals surface area contributed by atoms with Crippen molar-refractivity contribution in [3.63, 3.8) is 0 Å². The quantitative estimate of drug-likeness (QED) is 0.800. The number of esters is 1. The molecule has 1 aromatic heterocycles. The molecule has 1 rings (SSSR count). The normalized spacial score (nSPS) is 10.6. The summed E-state index contributed by atoms with van der Waals surface area (Å²) < 4.78 is 4.99. The Bertz CT molecular complexity index is 431.